The van der Waals surface area contributed by atoms with E-state index in [2.05, 4.69) is 10.3 Å². The van der Waals surface area contributed by atoms with Gasteiger partial charge in [0, 0.05) is 6.42 Å². The second-order valence-electron chi connectivity index (χ2n) is 2.77. The molecule has 1 rings (SSSR count). The molecular weight excluding hydrogens is 166 g/mol. The number of carbonyl (C=O) groups excluding carboxylic acids is 1. The van der Waals surface area contributed by atoms with E-state index in [1.54, 1.807) is 26.0 Å². The van der Waals surface area contributed by atoms with Crippen LogP contribution in [0, 0.1) is 6.92 Å². The van der Waals surface area contributed by atoms with E-state index in [1.807, 2.05) is 0 Å². The lowest BCUT2D eigenvalue weighted by molar-refractivity contribution is -0.115. The van der Waals surface area contributed by atoms with Crippen molar-refractivity contribution in [2.75, 3.05) is 11.1 Å². The molecule has 3 N–H and O–H groups in total. The third-order valence-corrected chi connectivity index (χ3v) is 1.72. The number of hydrogen-bond acceptors (Lipinski definition) is 3. The summed E-state index contributed by atoms with van der Waals surface area (Å²) in [5, 5.41) is 2.65. The van der Waals surface area contributed by atoms with Gasteiger partial charge in [0.15, 0.2) is 0 Å². The predicted molar refractivity (Wildman–Crippen MR) is 52.3 cm³/mol. The van der Waals surface area contributed by atoms with Crippen molar-refractivity contribution in [1.29, 1.82) is 0 Å². The molecule has 13 heavy (non-hydrogen) atoms. The summed E-state index contributed by atoms with van der Waals surface area (Å²) in [4.78, 5) is 15.1. The largest absolute Gasteiger partial charge is 0.397 e. The molecule has 0 aliphatic heterocycles. The molecule has 0 spiro atoms. The second-order valence-corrected chi connectivity index (χ2v) is 2.77. The maximum absolute atomic E-state index is 11.0. The summed E-state index contributed by atoms with van der Waals surface area (Å²) in [5.41, 5.74) is 6.94. The van der Waals surface area contributed by atoms with Gasteiger partial charge in [-0.05, 0) is 19.1 Å². The topological polar surface area (TPSA) is 68.0 Å². The van der Waals surface area contributed by atoms with E-state index in [1.165, 1.54) is 0 Å². The monoisotopic (exact) mass is 179 g/mol. The zero-order valence-electron chi connectivity index (χ0n) is 7.79. The lowest BCUT2D eigenvalue weighted by atomic mass is 10.3. The minimum absolute atomic E-state index is 0.0447. The summed E-state index contributed by atoms with van der Waals surface area (Å²) in [5.74, 6) is 0.509. The molecule has 0 aliphatic carbocycles. The molecule has 0 saturated heterocycles. The normalized spacial score (nSPS) is 9.69. The molecular formula is C9H13N3O. The van der Waals surface area contributed by atoms with E-state index < -0.39 is 0 Å². The molecule has 1 amide bonds. The second kappa shape index (κ2) is 3.89. The first kappa shape index (κ1) is 9.51. The first-order valence-electron chi connectivity index (χ1n) is 4.16. The Hall–Kier alpha value is -1.58. The molecule has 1 heterocycles. The van der Waals surface area contributed by atoms with Gasteiger partial charge in [-0.3, -0.25) is 4.79 Å². The molecule has 4 nitrogen and oxygen atoms in total. The smallest absolute Gasteiger partial charge is 0.225 e. The van der Waals surface area contributed by atoms with Crippen molar-refractivity contribution in [1.82, 2.24) is 4.98 Å². The molecule has 0 aromatic carbocycles. The van der Waals surface area contributed by atoms with Gasteiger partial charge in [-0.1, -0.05) is 6.92 Å². The predicted octanol–water partition coefficient (Wildman–Crippen LogP) is 1.32. The molecule has 0 saturated carbocycles. The molecule has 0 atom stereocenters. The lowest BCUT2D eigenvalue weighted by Crippen LogP contribution is -2.11. The Kier molecular flexibility index (Phi) is 2.84. The van der Waals surface area contributed by atoms with E-state index in [0.717, 1.165) is 5.69 Å². The van der Waals surface area contributed by atoms with Crippen molar-refractivity contribution in [3.63, 3.8) is 0 Å². The van der Waals surface area contributed by atoms with Gasteiger partial charge in [0.25, 0.3) is 0 Å². The number of aryl methyl sites for hydroxylation is 1. The van der Waals surface area contributed by atoms with Crippen molar-refractivity contribution in [3.05, 3.63) is 17.8 Å². The lowest BCUT2D eigenvalue weighted by Gasteiger charge is -2.04. The summed E-state index contributed by atoms with van der Waals surface area (Å²) in [6, 6.07) is 3.42. The molecule has 0 unspecified atom stereocenters. The highest BCUT2D eigenvalue weighted by Gasteiger charge is 2.01. The fourth-order valence-electron chi connectivity index (χ4n) is 0.873. The van der Waals surface area contributed by atoms with Crippen molar-refractivity contribution in [3.8, 4) is 0 Å². The number of amides is 1. The van der Waals surface area contributed by atoms with Crippen LogP contribution >= 0.6 is 0 Å². The maximum atomic E-state index is 11.0. The van der Waals surface area contributed by atoms with Gasteiger partial charge in [-0.2, -0.15) is 0 Å². The average Bonchev–Trinajstić information content (AvgIpc) is 2.11. The molecule has 1 aromatic heterocycles. The Morgan fingerprint density at radius 1 is 1.62 bits per heavy atom. The SMILES string of the molecule is CCC(=O)Nc1ccc(N)c(C)n1. The zero-order valence-corrected chi connectivity index (χ0v) is 7.79. The van der Waals surface area contributed by atoms with E-state index in [0.29, 0.717) is 17.9 Å². The van der Waals surface area contributed by atoms with Crippen molar-refractivity contribution in [2.24, 2.45) is 0 Å². The van der Waals surface area contributed by atoms with Crippen LogP contribution in [0.2, 0.25) is 0 Å². The van der Waals surface area contributed by atoms with Crippen molar-refractivity contribution in [2.45, 2.75) is 20.3 Å². The minimum atomic E-state index is -0.0447. The number of nitrogens with two attached hydrogens (primary N) is 1. The minimum Gasteiger partial charge on any atom is -0.397 e. The molecule has 0 aliphatic rings. The Labute approximate surface area is 77.2 Å². The third kappa shape index (κ3) is 2.43. The summed E-state index contributed by atoms with van der Waals surface area (Å²) in [7, 11) is 0. The number of pyridine rings is 1. The number of nitrogen functional groups attached to an aromatic ring is 1. The van der Waals surface area contributed by atoms with Crippen molar-refractivity contribution < 1.29 is 4.79 Å². The van der Waals surface area contributed by atoms with Gasteiger partial charge in [0.2, 0.25) is 5.91 Å². The maximum Gasteiger partial charge on any atom is 0.225 e. The Morgan fingerprint density at radius 2 is 2.31 bits per heavy atom. The third-order valence-electron chi connectivity index (χ3n) is 1.72. The summed E-state index contributed by atoms with van der Waals surface area (Å²) in [6.45, 7) is 3.59. The van der Waals surface area contributed by atoms with Crippen LogP contribution in [0.1, 0.15) is 19.0 Å². The van der Waals surface area contributed by atoms with Crippen LogP contribution in [0.5, 0.6) is 0 Å². The Bertz CT molecular complexity index is 323. The Balaban J connectivity index is 2.79. The fourth-order valence-corrected chi connectivity index (χ4v) is 0.873. The van der Waals surface area contributed by atoms with Gasteiger partial charge in [-0.25, -0.2) is 4.98 Å². The summed E-state index contributed by atoms with van der Waals surface area (Å²) < 4.78 is 0. The molecule has 70 valence electrons. The summed E-state index contributed by atoms with van der Waals surface area (Å²) in [6.07, 6.45) is 0.450. The standard InChI is InChI=1S/C9H13N3O/c1-3-9(13)12-8-5-4-7(10)6(2)11-8/h4-5H,3,10H2,1-2H3,(H,11,12,13). The van der Waals surface area contributed by atoms with E-state index in [-0.39, 0.29) is 5.91 Å². The number of nitrogens with one attached hydrogen (secondary N) is 1. The molecule has 1 aromatic rings. The van der Waals surface area contributed by atoms with Gasteiger partial charge in [0.05, 0.1) is 11.4 Å². The van der Waals surface area contributed by atoms with Crippen LogP contribution in [0.25, 0.3) is 0 Å². The van der Waals surface area contributed by atoms with Crippen LogP contribution < -0.4 is 11.1 Å². The number of aromatic nitrogens is 1. The van der Waals surface area contributed by atoms with E-state index in [4.69, 9.17) is 5.73 Å². The fraction of sp³-hybridized carbons (Fsp3) is 0.333. The number of rotatable bonds is 2. The van der Waals surface area contributed by atoms with Gasteiger partial charge in [-0.15, -0.1) is 0 Å². The highest BCUT2D eigenvalue weighted by atomic mass is 16.1. The first-order chi connectivity index (χ1) is 6.13. The molecule has 0 radical (unpaired) electrons. The number of carbonyl (C=O) groups is 1. The highest BCUT2D eigenvalue weighted by Crippen LogP contribution is 2.11. The number of nitrogens with zero attached hydrogens (tertiary/aromatic N) is 1. The van der Waals surface area contributed by atoms with Crippen LogP contribution in [0.3, 0.4) is 0 Å². The Morgan fingerprint density at radius 3 is 2.85 bits per heavy atom. The van der Waals surface area contributed by atoms with E-state index >= 15 is 0 Å². The number of anilines is 2. The van der Waals surface area contributed by atoms with Crippen LogP contribution in [-0.4, -0.2) is 10.9 Å². The van der Waals surface area contributed by atoms with Crippen LogP contribution in [0.15, 0.2) is 12.1 Å². The molecule has 0 bridgehead atoms. The molecule has 0 fully saturated rings. The highest BCUT2D eigenvalue weighted by molar-refractivity contribution is 5.89. The first-order valence-corrected chi connectivity index (χ1v) is 4.16. The summed E-state index contributed by atoms with van der Waals surface area (Å²) >= 11 is 0. The number of hydrogen-bond donors (Lipinski definition) is 2. The van der Waals surface area contributed by atoms with Gasteiger partial charge >= 0.3 is 0 Å². The quantitative estimate of drug-likeness (QED) is 0.719. The van der Waals surface area contributed by atoms with Crippen molar-refractivity contribution >= 4 is 17.4 Å². The average molecular weight is 179 g/mol. The van der Waals surface area contributed by atoms with Crippen LogP contribution in [0.4, 0.5) is 11.5 Å². The van der Waals surface area contributed by atoms with Crippen LogP contribution in [-0.2, 0) is 4.79 Å². The van der Waals surface area contributed by atoms with Gasteiger partial charge < -0.3 is 11.1 Å². The van der Waals surface area contributed by atoms with Gasteiger partial charge in [0.1, 0.15) is 5.82 Å². The molecule has 4 heteroatoms. The zero-order chi connectivity index (χ0) is 9.84. The van der Waals surface area contributed by atoms with E-state index in [9.17, 15) is 4.79 Å².